The van der Waals surface area contributed by atoms with E-state index in [1.165, 1.54) is 0 Å². The summed E-state index contributed by atoms with van der Waals surface area (Å²) in [7, 11) is 3.21. The minimum atomic E-state index is -0.406. The molecule has 0 aromatic heterocycles. The average molecular weight is 537 g/mol. The molecule has 2 N–H and O–H groups in total. The average Bonchev–Trinajstić information content (AvgIpc) is 2.96. The van der Waals surface area contributed by atoms with Gasteiger partial charge in [-0.2, -0.15) is 0 Å². The lowest BCUT2D eigenvalue weighted by Crippen LogP contribution is -2.09. The Morgan fingerprint density at radius 2 is 1.00 bits per heavy atom. The Labute approximate surface area is 236 Å². The van der Waals surface area contributed by atoms with E-state index in [1.54, 1.807) is 26.6 Å². The zero-order valence-electron chi connectivity index (χ0n) is 23.4. The van der Waals surface area contributed by atoms with Gasteiger partial charge in [-0.15, -0.1) is 0 Å². The van der Waals surface area contributed by atoms with Crippen LogP contribution in [0.2, 0.25) is 0 Å². The van der Waals surface area contributed by atoms with Crippen LogP contribution in [-0.4, -0.2) is 36.9 Å². The molecule has 4 aromatic carbocycles. The lowest BCUT2D eigenvalue weighted by Gasteiger charge is -2.22. The molecule has 0 heterocycles. The third-order valence-corrected chi connectivity index (χ3v) is 6.65. The van der Waals surface area contributed by atoms with Gasteiger partial charge >= 0.3 is 0 Å². The van der Waals surface area contributed by atoms with E-state index in [0.717, 1.165) is 22.3 Å². The molecule has 0 radical (unpaired) electrons. The lowest BCUT2D eigenvalue weighted by atomic mass is 9.94. The molecule has 0 amide bonds. The Kier molecular flexibility index (Phi) is 9.84. The minimum absolute atomic E-state index is 0.151. The highest BCUT2D eigenvalue weighted by Gasteiger charge is 2.24. The fraction of sp³-hybridized carbons (Fsp3) is 0.235. The maximum atomic E-state index is 10.9. The molecule has 4 aromatic rings. The van der Waals surface area contributed by atoms with Gasteiger partial charge in [0, 0.05) is 48.9 Å². The standard InChI is InChI=1S/C34H36N2O4/c1-23-15-27(33(37)29(17-23)21-39-3)19-35-31(25-11-7-5-8-12-25)32(26-13-9-6-10-14-26)36-20-28-16-24(2)18-30(22-40-4)34(28)38/h5-20,31-32,37-38H,21-22H2,1-4H3. The Morgan fingerprint density at radius 1 is 0.625 bits per heavy atom. The number of aryl methyl sites for hydroxylation is 2. The van der Waals surface area contributed by atoms with E-state index >= 15 is 0 Å². The van der Waals surface area contributed by atoms with E-state index < -0.39 is 12.1 Å². The SMILES string of the molecule is COCc1cc(C)cc(C=NC(c2ccccc2)C(N=Cc2cc(C)cc(COC)c2O)c2ccccc2)c1O. The van der Waals surface area contributed by atoms with Crippen molar-refractivity contribution >= 4 is 12.4 Å². The molecule has 4 rings (SSSR count). The highest BCUT2D eigenvalue weighted by Crippen LogP contribution is 2.36. The van der Waals surface area contributed by atoms with Crippen LogP contribution in [0.5, 0.6) is 11.5 Å². The van der Waals surface area contributed by atoms with Crippen molar-refractivity contribution in [3.8, 4) is 11.5 Å². The van der Waals surface area contributed by atoms with Crippen molar-refractivity contribution in [3.05, 3.63) is 129 Å². The molecule has 0 fully saturated rings. The van der Waals surface area contributed by atoms with Crippen molar-refractivity contribution in [2.75, 3.05) is 14.2 Å². The fourth-order valence-electron chi connectivity index (χ4n) is 4.82. The minimum Gasteiger partial charge on any atom is -0.507 e. The normalized spacial score (nSPS) is 13.2. The molecule has 6 nitrogen and oxygen atoms in total. The number of ether oxygens (including phenoxy) is 2. The maximum absolute atomic E-state index is 10.9. The van der Waals surface area contributed by atoms with E-state index in [4.69, 9.17) is 19.5 Å². The van der Waals surface area contributed by atoms with E-state index in [-0.39, 0.29) is 11.5 Å². The quantitative estimate of drug-likeness (QED) is 0.202. The summed E-state index contributed by atoms with van der Waals surface area (Å²) in [6.07, 6.45) is 3.43. The van der Waals surface area contributed by atoms with Crippen LogP contribution < -0.4 is 0 Å². The van der Waals surface area contributed by atoms with Gasteiger partial charge in [-0.05, 0) is 48.2 Å². The van der Waals surface area contributed by atoms with Crippen molar-refractivity contribution in [2.24, 2.45) is 9.98 Å². The van der Waals surface area contributed by atoms with Crippen LogP contribution in [0.15, 0.2) is 94.9 Å². The van der Waals surface area contributed by atoms with Crippen LogP contribution in [-0.2, 0) is 22.7 Å². The smallest absolute Gasteiger partial charge is 0.129 e. The molecule has 0 saturated carbocycles. The summed E-state index contributed by atoms with van der Waals surface area (Å²) in [5.74, 6) is 0.302. The summed E-state index contributed by atoms with van der Waals surface area (Å²) in [5.41, 5.74) is 6.60. The van der Waals surface area contributed by atoms with Gasteiger partial charge in [0.15, 0.2) is 0 Å². The van der Waals surface area contributed by atoms with Crippen molar-refractivity contribution in [1.29, 1.82) is 0 Å². The second-order valence-corrected chi connectivity index (χ2v) is 9.86. The second kappa shape index (κ2) is 13.7. The summed E-state index contributed by atoms with van der Waals surface area (Å²) in [4.78, 5) is 10.0. The van der Waals surface area contributed by atoms with Crippen molar-refractivity contribution < 1.29 is 19.7 Å². The molecule has 0 aliphatic carbocycles. The van der Waals surface area contributed by atoms with Gasteiger partial charge in [-0.3, -0.25) is 9.98 Å². The van der Waals surface area contributed by atoms with Crippen LogP contribution >= 0.6 is 0 Å². The van der Waals surface area contributed by atoms with Crippen LogP contribution in [0.4, 0.5) is 0 Å². The van der Waals surface area contributed by atoms with E-state index in [1.807, 2.05) is 98.8 Å². The van der Waals surface area contributed by atoms with Crippen LogP contribution in [0.1, 0.15) is 56.6 Å². The van der Waals surface area contributed by atoms with Crippen LogP contribution in [0.25, 0.3) is 0 Å². The highest BCUT2D eigenvalue weighted by atomic mass is 16.5. The van der Waals surface area contributed by atoms with Gasteiger partial charge in [0.25, 0.3) is 0 Å². The molecule has 2 atom stereocenters. The topological polar surface area (TPSA) is 83.6 Å². The molecule has 2 unspecified atom stereocenters. The zero-order valence-corrected chi connectivity index (χ0v) is 23.4. The van der Waals surface area contributed by atoms with Gasteiger partial charge < -0.3 is 19.7 Å². The van der Waals surface area contributed by atoms with Crippen molar-refractivity contribution in [2.45, 2.75) is 39.1 Å². The molecule has 6 heteroatoms. The van der Waals surface area contributed by atoms with E-state index in [9.17, 15) is 10.2 Å². The predicted molar refractivity (Wildman–Crippen MR) is 161 cm³/mol. The van der Waals surface area contributed by atoms with Gasteiger partial charge in [0.05, 0.1) is 13.2 Å². The third-order valence-electron chi connectivity index (χ3n) is 6.65. The molecule has 0 bridgehead atoms. The number of aliphatic imine (C=N–C) groups is 2. The zero-order chi connectivity index (χ0) is 28.5. The Bertz CT molecular complexity index is 1350. The van der Waals surface area contributed by atoms with Gasteiger partial charge in [-0.25, -0.2) is 0 Å². The van der Waals surface area contributed by atoms with Crippen LogP contribution in [0, 0.1) is 13.8 Å². The number of phenols is 2. The molecular weight excluding hydrogens is 500 g/mol. The predicted octanol–water partition coefficient (Wildman–Crippen LogP) is 7.03. The number of aromatic hydroxyl groups is 2. The van der Waals surface area contributed by atoms with E-state index in [2.05, 4.69) is 0 Å². The monoisotopic (exact) mass is 536 g/mol. The summed E-state index contributed by atoms with van der Waals surface area (Å²) >= 11 is 0. The van der Waals surface area contributed by atoms with E-state index in [0.29, 0.717) is 35.5 Å². The van der Waals surface area contributed by atoms with Gasteiger partial charge in [0.2, 0.25) is 0 Å². The first kappa shape index (κ1) is 28.7. The third kappa shape index (κ3) is 7.03. The highest BCUT2D eigenvalue weighted by molar-refractivity contribution is 5.86. The van der Waals surface area contributed by atoms with Gasteiger partial charge in [0.1, 0.15) is 23.6 Å². The largest absolute Gasteiger partial charge is 0.507 e. The number of hydrogen-bond donors (Lipinski definition) is 2. The summed E-state index contributed by atoms with van der Waals surface area (Å²) in [6.45, 7) is 4.57. The van der Waals surface area contributed by atoms with Crippen molar-refractivity contribution in [1.82, 2.24) is 0 Å². The number of methoxy groups -OCH3 is 2. The first-order valence-corrected chi connectivity index (χ1v) is 13.2. The molecular formula is C34H36N2O4. The molecule has 0 aliphatic heterocycles. The first-order valence-electron chi connectivity index (χ1n) is 13.2. The number of phenolic OH excluding ortho intramolecular Hbond substituents is 2. The van der Waals surface area contributed by atoms with Crippen LogP contribution in [0.3, 0.4) is 0 Å². The molecule has 206 valence electrons. The Balaban J connectivity index is 1.83. The Morgan fingerprint density at radius 3 is 1.35 bits per heavy atom. The summed E-state index contributed by atoms with van der Waals surface area (Å²) < 4.78 is 10.5. The maximum Gasteiger partial charge on any atom is 0.129 e. The lowest BCUT2D eigenvalue weighted by molar-refractivity contribution is 0.182. The molecule has 0 spiro atoms. The summed E-state index contributed by atoms with van der Waals surface area (Å²) in [6, 6.07) is 26.8. The molecule has 0 saturated heterocycles. The second-order valence-electron chi connectivity index (χ2n) is 9.86. The number of benzene rings is 4. The van der Waals surface area contributed by atoms with Crippen molar-refractivity contribution in [3.63, 3.8) is 0 Å². The number of nitrogens with zero attached hydrogens (tertiary/aromatic N) is 2. The fourth-order valence-corrected chi connectivity index (χ4v) is 4.82. The summed E-state index contributed by atoms with van der Waals surface area (Å²) in [5, 5.41) is 21.8. The van der Waals surface area contributed by atoms with Gasteiger partial charge in [-0.1, -0.05) is 72.8 Å². The number of hydrogen-bond acceptors (Lipinski definition) is 6. The molecule has 0 aliphatic rings. The Hall–Kier alpha value is -4.26. The molecule has 40 heavy (non-hydrogen) atoms. The first-order chi connectivity index (χ1) is 19.4. The number of rotatable bonds is 11.